The third-order valence-electron chi connectivity index (χ3n) is 6.69. The van der Waals surface area contributed by atoms with E-state index in [0.29, 0.717) is 24.5 Å². The maximum atomic E-state index is 11.7. The summed E-state index contributed by atoms with van der Waals surface area (Å²) in [5.41, 5.74) is 0. The quantitative estimate of drug-likeness (QED) is 0.369. The highest BCUT2D eigenvalue weighted by molar-refractivity contribution is 6.74. The molecule has 3 nitrogen and oxygen atoms in total. The highest BCUT2D eigenvalue weighted by atomic mass is 28.4. The Hall–Kier alpha value is -0.453. The number of carbonyl (C=O) groups is 1. The van der Waals surface area contributed by atoms with Crippen LogP contribution in [-0.4, -0.2) is 31.4 Å². The number of aliphatic hydroxyl groups excluding tert-OH is 1. The van der Waals surface area contributed by atoms with Gasteiger partial charge in [-0.2, -0.15) is 0 Å². The van der Waals surface area contributed by atoms with Gasteiger partial charge in [0, 0.05) is 18.3 Å². The van der Waals surface area contributed by atoms with Crippen molar-refractivity contribution in [2.24, 2.45) is 17.8 Å². The standard InChI is InChI=1S/C21H38O3Si/c1-7-8-9-10-15(24-25(5,6)21(2,3)4)11-12-16-17-13-20(23)18(17)14-19(16)22/h11-12,15-19,22H,7-10,13-14H2,1-6H3/b12-11+/t15?,16-,17-,18+,19-/m0/s1. The largest absolute Gasteiger partial charge is 0.411 e. The normalized spacial score (nSPS) is 31.2. The van der Waals surface area contributed by atoms with Gasteiger partial charge in [-0.05, 0) is 36.9 Å². The van der Waals surface area contributed by atoms with Crippen molar-refractivity contribution in [2.75, 3.05) is 0 Å². The van der Waals surface area contributed by atoms with E-state index >= 15 is 0 Å². The zero-order chi connectivity index (χ0) is 18.8. The first-order chi connectivity index (χ1) is 11.6. The zero-order valence-electron chi connectivity index (χ0n) is 17.0. The molecule has 4 heteroatoms. The Kier molecular flexibility index (Phi) is 6.72. The monoisotopic (exact) mass is 366 g/mol. The Labute approximate surface area is 155 Å². The van der Waals surface area contributed by atoms with Crippen molar-refractivity contribution in [3.8, 4) is 0 Å². The lowest BCUT2D eigenvalue weighted by Crippen LogP contribution is -2.43. The third kappa shape index (κ3) is 4.84. The molecule has 144 valence electrons. The summed E-state index contributed by atoms with van der Waals surface area (Å²) >= 11 is 0. The number of ketones is 1. The average molecular weight is 367 g/mol. The van der Waals surface area contributed by atoms with Crippen molar-refractivity contribution in [1.82, 2.24) is 0 Å². The Balaban J connectivity index is 2.03. The number of carbonyl (C=O) groups excluding carboxylic acids is 1. The van der Waals surface area contributed by atoms with E-state index in [0.717, 1.165) is 6.42 Å². The van der Waals surface area contributed by atoms with Gasteiger partial charge < -0.3 is 9.53 Å². The van der Waals surface area contributed by atoms with Gasteiger partial charge in [0.15, 0.2) is 8.32 Å². The predicted octanol–water partition coefficient (Wildman–Crippen LogP) is 5.10. The van der Waals surface area contributed by atoms with Crippen LogP contribution in [-0.2, 0) is 9.22 Å². The maximum Gasteiger partial charge on any atom is 0.192 e. The number of Topliss-reactive ketones (excluding diaryl/α,β-unsaturated/α-hetero) is 1. The Morgan fingerprint density at radius 3 is 2.52 bits per heavy atom. The fourth-order valence-electron chi connectivity index (χ4n) is 3.89. The molecular weight excluding hydrogens is 328 g/mol. The predicted molar refractivity (Wildman–Crippen MR) is 106 cm³/mol. The number of unbranched alkanes of at least 4 members (excludes halogenated alkanes) is 2. The van der Waals surface area contributed by atoms with E-state index in [-0.39, 0.29) is 29.1 Å². The van der Waals surface area contributed by atoms with Crippen LogP contribution >= 0.6 is 0 Å². The number of fused-ring (bicyclic) bond motifs is 1. The van der Waals surface area contributed by atoms with Gasteiger partial charge in [-0.1, -0.05) is 59.1 Å². The smallest absolute Gasteiger partial charge is 0.192 e. The van der Waals surface area contributed by atoms with Crippen LogP contribution in [0.3, 0.4) is 0 Å². The van der Waals surface area contributed by atoms with Crippen LogP contribution in [0.25, 0.3) is 0 Å². The van der Waals surface area contributed by atoms with E-state index in [1.54, 1.807) is 0 Å². The first-order valence-electron chi connectivity index (χ1n) is 10.1. The second-order valence-electron chi connectivity index (χ2n) is 9.62. The molecule has 2 rings (SSSR count). The fraction of sp³-hybridized carbons (Fsp3) is 0.857. The van der Waals surface area contributed by atoms with E-state index in [2.05, 4.69) is 52.9 Å². The minimum absolute atomic E-state index is 0.115. The van der Waals surface area contributed by atoms with Crippen LogP contribution < -0.4 is 0 Å². The van der Waals surface area contributed by atoms with Crippen molar-refractivity contribution in [3.63, 3.8) is 0 Å². The summed E-state index contributed by atoms with van der Waals surface area (Å²) in [6.07, 6.45) is 10.1. The lowest BCUT2D eigenvalue weighted by Gasteiger charge is -2.39. The van der Waals surface area contributed by atoms with Crippen molar-refractivity contribution in [1.29, 1.82) is 0 Å². The molecule has 1 N–H and O–H groups in total. The van der Waals surface area contributed by atoms with E-state index in [1.807, 2.05) is 0 Å². The van der Waals surface area contributed by atoms with Crippen LogP contribution in [0, 0.1) is 17.8 Å². The molecule has 0 aromatic carbocycles. The molecular formula is C21H38O3Si. The van der Waals surface area contributed by atoms with E-state index < -0.39 is 8.32 Å². The molecule has 2 fully saturated rings. The summed E-state index contributed by atoms with van der Waals surface area (Å²) in [6.45, 7) is 13.7. The van der Waals surface area contributed by atoms with Gasteiger partial charge in [-0.3, -0.25) is 4.79 Å². The second-order valence-corrected chi connectivity index (χ2v) is 14.4. The summed E-state index contributed by atoms with van der Waals surface area (Å²) in [4.78, 5) is 11.7. The summed E-state index contributed by atoms with van der Waals surface area (Å²) in [5, 5.41) is 10.5. The Bertz CT molecular complexity index is 492. The molecule has 5 atom stereocenters. The SMILES string of the molecule is CCCCCC(/C=C/[C@H]1[C@@H]2CC(=O)[C@@H]2C[C@@H]1O)O[Si](C)(C)C(C)(C)C. The third-order valence-corrected chi connectivity index (χ3v) is 11.2. The zero-order valence-corrected chi connectivity index (χ0v) is 18.0. The highest BCUT2D eigenvalue weighted by Crippen LogP contribution is 2.48. The average Bonchev–Trinajstić information content (AvgIpc) is 2.75. The molecule has 2 aliphatic carbocycles. The fourth-order valence-corrected chi connectivity index (χ4v) is 5.19. The van der Waals surface area contributed by atoms with Crippen LogP contribution in [0.5, 0.6) is 0 Å². The number of aliphatic hydroxyl groups is 1. The van der Waals surface area contributed by atoms with Gasteiger partial charge in [0.05, 0.1) is 12.2 Å². The van der Waals surface area contributed by atoms with Crippen LogP contribution in [0.2, 0.25) is 18.1 Å². The first-order valence-corrected chi connectivity index (χ1v) is 13.0. The van der Waals surface area contributed by atoms with Gasteiger partial charge >= 0.3 is 0 Å². The topological polar surface area (TPSA) is 46.5 Å². The molecule has 0 aromatic rings. The molecule has 0 bridgehead atoms. The number of hydrogen-bond donors (Lipinski definition) is 1. The molecule has 2 aliphatic rings. The molecule has 0 heterocycles. The molecule has 1 unspecified atom stereocenters. The number of rotatable bonds is 8. The first kappa shape index (κ1) is 20.9. The lowest BCUT2D eigenvalue weighted by atomic mass is 9.71. The molecule has 0 spiro atoms. The van der Waals surface area contributed by atoms with Crippen LogP contribution in [0.1, 0.15) is 66.2 Å². The minimum atomic E-state index is -1.82. The van der Waals surface area contributed by atoms with Crippen molar-refractivity contribution in [2.45, 2.75) is 96.6 Å². The molecule has 0 radical (unpaired) electrons. The van der Waals surface area contributed by atoms with E-state index in [1.165, 1.54) is 19.3 Å². The van der Waals surface area contributed by atoms with Crippen molar-refractivity contribution >= 4 is 14.1 Å². The van der Waals surface area contributed by atoms with Crippen molar-refractivity contribution in [3.05, 3.63) is 12.2 Å². The molecule has 0 amide bonds. The van der Waals surface area contributed by atoms with E-state index in [9.17, 15) is 9.90 Å². The summed E-state index contributed by atoms with van der Waals surface area (Å²) < 4.78 is 6.65. The van der Waals surface area contributed by atoms with Gasteiger partial charge in [0.2, 0.25) is 0 Å². The summed E-state index contributed by atoms with van der Waals surface area (Å²) in [7, 11) is -1.82. The van der Waals surface area contributed by atoms with Crippen molar-refractivity contribution < 1.29 is 14.3 Å². The summed E-state index contributed by atoms with van der Waals surface area (Å²) in [6, 6.07) is 0. The highest BCUT2D eigenvalue weighted by Gasteiger charge is 2.52. The Morgan fingerprint density at radius 2 is 2.00 bits per heavy atom. The van der Waals surface area contributed by atoms with Gasteiger partial charge in [-0.25, -0.2) is 0 Å². The van der Waals surface area contributed by atoms with Crippen LogP contribution in [0.4, 0.5) is 0 Å². The molecule has 25 heavy (non-hydrogen) atoms. The van der Waals surface area contributed by atoms with Crippen LogP contribution in [0.15, 0.2) is 12.2 Å². The molecule has 0 aromatic heterocycles. The lowest BCUT2D eigenvalue weighted by molar-refractivity contribution is -0.133. The van der Waals surface area contributed by atoms with Gasteiger partial charge in [-0.15, -0.1) is 0 Å². The van der Waals surface area contributed by atoms with E-state index in [4.69, 9.17) is 4.43 Å². The summed E-state index contributed by atoms with van der Waals surface area (Å²) in [5.74, 6) is 0.962. The second kappa shape index (κ2) is 8.06. The van der Waals surface area contributed by atoms with Gasteiger partial charge in [0.25, 0.3) is 0 Å². The molecule has 0 saturated heterocycles. The molecule has 2 saturated carbocycles. The Morgan fingerprint density at radius 1 is 1.32 bits per heavy atom. The maximum absolute atomic E-state index is 11.7. The van der Waals surface area contributed by atoms with Gasteiger partial charge in [0.1, 0.15) is 5.78 Å². The minimum Gasteiger partial charge on any atom is -0.411 e. The molecule has 0 aliphatic heterocycles. The number of hydrogen-bond acceptors (Lipinski definition) is 3.